The Bertz CT molecular complexity index is 579. The topological polar surface area (TPSA) is 69.6 Å². The minimum atomic E-state index is -0.344. The summed E-state index contributed by atoms with van der Waals surface area (Å²) in [6, 6.07) is 0. The number of hydrogen-bond donors (Lipinski definition) is 3. The van der Waals surface area contributed by atoms with Gasteiger partial charge in [0, 0.05) is 18.9 Å². The van der Waals surface area contributed by atoms with E-state index in [-0.39, 0.29) is 24.0 Å². The molecule has 0 saturated heterocycles. The second kappa shape index (κ2) is 11.3. The van der Waals surface area contributed by atoms with E-state index in [0.29, 0.717) is 24.2 Å². The van der Waals surface area contributed by atoms with Crippen LogP contribution in [0.2, 0.25) is 0 Å². The number of hydrogen-bond acceptors (Lipinski definition) is 3. The first-order valence-corrected chi connectivity index (χ1v) is 12.1. The summed E-state index contributed by atoms with van der Waals surface area (Å²) in [6.07, 6.45) is 18.3. The molecule has 0 aliphatic heterocycles. The summed E-state index contributed by atoms with van der Waals surface area (Å²) >= 11 is 0. The van der Waals surface area contributed by atoms with Crippen LogP contribution in [0.15, 0.2) is 23.8 Å². The summed E-state index contributed by atoms with van der Waals surface area (Å²) < 4.78 is 0. The molecule has 0 aromatic rings. The normalized spacial score (nSPS) is 32.3. The van der Waals surface area contributed by atoms with Gasteiger partial charge in [0.1, 0.15) is 0 Å². The van der Waals surface area contributed by atoms with Crippen molar-refractivity contribution in [1.82, 2.24) is 5.32 Å². The maximum atomic E-state index is 11.8. The standard InChI is InChI=1S/C25H41NO3/c1-2-3-14-26-25(29)11-7-4-8-18-15-20-17-24(28)21(22(20)16-18)12-13-23(27)19-9-5-6-10-19/h8,12-13,19-24,27-28H,2-7,9-11,14-17H2,1H3,(H,26,29)/t20-,21+,22-,23+,24+/m0/s1. The highest BCUT2D eigenvalue weighted by Gasteiger charge is 2.45. The molecule has 0 spiro atoms. The fourth-order valence-corrected chi connectivity index (χ4v) is 5.70. The van der Waals surface area contributed by atoms with Gasteiger partial charge in [-0.1, -0.05) is 50.0 Å². The molecule has 29 heavy (non-hydrogen) atoms. The predicted octanol–water partition coefficient (Wildman–Crippen LogP) is 4.51. The SMILES string of the molecule is CCCCNC(=O)CCCC=C1C[C@H]2C[C@@H](O)[C@H](C=C[C@@H](O)C3CCCC3)[C@H]2C1. The molecule has 0 aromatic carbocycles. The van der Waals surface area contributed by atoms with Gasteiger partial charge in [-0.05, 0) is 69.1 Å². The Morgan fingerprint density at radius 1 is 1.24 bits per heavy atom. The molecule has 164 valence electrons. The number of carbonyl (C=O) groups excluding carboxylic acids is 1. The zero-order valence-electron chi connectivity index (χ0n) is 18.2. The molecular weight excluding hydrogens is 362 g/mol. The van der Waals surface area contributed by atoms with E-state index in [1.165, 1.54) is 18.4 Å². The van der Waals surface area contributed by atoms with E-state index < -0.39 is 0 Å². The van der Waals surface area contributed by atoms with Crippen molar-refractivity contribution in [3.8, 4) is 0 Å². The third kappa shape index (κ3) is 6.42. The highest BCUT2D eigenvalue weighted by Crippen LogP contribution is 2.50. The van der Waals surface area contributed by atoms with Crippen LogP contribution in [0.5, 0.6) is 0 Å². The number of unbranched alkanes of at least 4 members (excludes halogenated alkanes) is 2. The van der Waals surface area contributed by atoms with Crippen molar-refractivity contribution >= 4 is 5.91 Å². The maximum absolute atomic E-state index is 11.8. The van der Waals surface area contributed by atoms with E-state index in [0.717, 1.165) is 64.3 Å². The van der Waals surface area contributed by atoms with E-state index in [4.69, 9.17) is 0 Å². The fraction of sp³-hybridized carbons (Fsp3) is 0.800. The van der Waals surface area contributed by atoms with Crippen LogP contribution < -0.4 is 5.32 Å². The van der Waals surface area contributed by atoms with Gasteiger partial charge in [-0.2, -0.15) is 0 Å². The number of aliphatic hydroxyl groups is 2. The molecule has 3 saturated carbocycles. The average molecular weight is 404 g/mol. The van der Waals surface area contributed by atoms with E-state index in [9.17, 15) is 15.0 Å². The van der Waals surface area contributed by atoms with Gasteiger partial charge >= 0.3 is 0 Å². The third-order valence-corrected chi connectivity index (χ3v) is 7.42. The van der Waals surface area contributed by atoms with Crippen LogP contribution in [-0.4, -0.2) is 34.9 Å². The molecule has 5 atom stereocenters. The summed E-state index contributed by atoms with van der Waals surface area (Å²) in [5.74, 6) is 1.87. The van der Waals surface area contributed by atoms with Crippen molar-refractivity contribution in [2.24, 2.45) is 23.7 Å². The van der Waals surface area contributed by atoms with E-state index >= 15 is 0 Å². The van der Waals surface area contributed by atoms with Gasteiger partial charge < -0.3 is 15.5 Å². The second-order valence-corrected chi connectivity index (χ2v) is 9.59. The van der Waals surface area contributed by atoms with Gasteiger partial charge in [0.2, 0.25) is 5.91 Å². The predicted molar refractivity (Wildman–Crippen MR) is 117 cm³/mol. The lowest BCUT2D eigenvalue weighted by molar-refractivity contribution is -0.121. The van der Waals surface area contributed by atoms with Crippen LogP contribution in [0.4, 0.5) is 0 Å². The highest BCUT2D eigenvalue weighted by atomic mass is 16.3. The van der Waals surface area contributed by atoms with Gasteiger partial charge in [0.15, 0.2) is 0 Å². The van der Waals surface area contributed by atoms with Crippen LogP contribution in [0, 0.1) is 23.7 Å². The van der Waals surface area contributed by atoms with Crippen LogP contribution in [0.1, 0.15) is 84.0 Å². The first kappa shape index (κ1) is 22.6. The zero-order valence-corrected chi connectivity index (χ0v) is 18.2. The lowest BCUT2D eigenvalue weighted by Gasteiger charge is -2.19. The minimum absolute atomic E-state index is 0.175. The van der Waals surface area contributed by atoms with Crippen LogP contribution in [0.3, 0.4) is 0 Å². The Morgan fingerprint density at radius 3 is 2.79 bits per heavy atom. The summed E-state index contributed by atoms with van der Waals surface area (Å²) in [4.78, 5) is 11.8. The molecule has 0 bridgehead atoms. The summed E-state index contributed by atoms with van der Waals surface area (Å²) in [7, 11) is 0. The summed E-state index contributed by atoms with van der Waals surface area (Å²) in [5, 5.41) is 23.9. The molecule has 0 heterocycles. The molecule has 3 aliphatic carbocycles. The van der Waals surface area contributed by atoms with Crippen molar-refractivity contribution in [1.29, 1.82) is 0 Å². The van der Waals surface area contributed by atoms with Crippen LogP contribution >= 0.6 is 0 Å². The molecule has 3 fully saturated rings. The highest BCUT2D eigenvalue weighted by molar-refractivity contribution is 5.75. The molecule has 0 unspecified atom stereocenters. The molecule has 0 aromatic heterocycles. The Morgan fingerprint density at radius 2 is 2.03 bits per heavy atom. The minimum Gasteiger partial charge on any atom is -0.392 e. The summed E-state index contributed by atoms with van der Waals surface area (Å²) in [6.45, 7) is 2.93. The van der Waals surface area contributed by atoms with Crippen LogP contribution in [-0.2, 0) is 4.79 Å². The number of aliphatic hydroxyl groups excluding tert-OH is 2. The summed E-state index contributed by atoms with van der Waals surface area (Å²) in [5.41, 5.74) is 1.51. The number of fused-ring (bicyclic) bond motifs is 1. The van der Waals surface area contributed by atoms with Gasteiger partial charge in [0.05, 0.1) is 12.2 Å². The molecule has 3 aliphatic rings. The van der Waals surface area contributed by atoms with Gasteiger partial charge in [-0.3, -0.25) is 4.79 Å². The molecule has 4 heteroatoms. The lowest BCUT2D eigenvalue weighted by atomic mass is 9.89. The Balaban J connectivity index is 1.42. The monoisotopic (exact) mass is 403 g/mol. The van der Waals surface area contributed by atoms with Crippen molar-refractivity contribution in [3.63, 3.8) is 0 Å². The maximum Gasteiger partial charge on any atom is 0.220 e. The molecular formula is C25H41NO3. The number of allylic oxidation sites excluding steroid dienone is 2. The quantitative estimate of drug-likeness (QED) is 0.371. The molecule has 4 nitrogen and oxygen atoms in total. The van der Waals surface area contributed by atoms with Crippen LogP contribution in [0.25, 0.3) is 0 Å². The fourth-order valence-electron chi connectivity index (χ4n) is 5.70. The van der Waals surface area contributed by atoms with E-state index in [1.807, 2.05) is 6.08 Å². The van der Waals surface area contributed by atoms with Gasteiger partial charge in [0.25, 0.3) is 0 Å². The molecule has 3 N–H and O–H groups in total. The van der Waals surface area contributed by atoms with Crippen molar-refractivity contribution in [2.75, 3.05) is 6.54 Å². The second-order valence-electron chi connectivity index (χ2n) is 9.59. The van der Waals surface area contributed by atoms with E-state index in [2.05, 4.69) is 24.4 Å². The average Bonchev–Trinajstić information content (AvgIpc) is 3.41. The third-order valence-electron chi connectivity index (χ3n) is 7.42. The zero-order chi connectivity index (χ0) is 20.6. The Kier molecular flexibility index (Phi) is 8.80. The lowest BCUT2D eigenvalue weighted by Crippen LogP contribution is -2.23. The van der Waals surface area contributed by atoms with Gasteiger partial charge in [-0.15, -0.1) is 0 Å². The molecule has 1 amide bonds. The Labute approximate surface area is 176 Å². The van der Waals surface area contributed by atoms with Crippen molar-refractivity contribution in [3.05, 3.63) is 23.8 Å². The van der Waals surface area contributed by atoms with Gasteiger partial charge in [-0.25, -0.2) is 0 Å². The number of carbonyl (C=O) groups is 1. The Hall–Kier alpha value is -1.13. The largest absolute Gasteiger partial charge is 0.392 e. The van der Waals surface area contributed by atoms with E-state index in [1.54, 1.807) is 0 Å². The molecule has 0 radical (unpaired) electrons. The van der Waals surface area contributed by atoms with Crippen molar-refractivity contribution < 1.29 is 15.0 Å². The first-order chi connectivity index (χ1) is 14.1. The number of rotatable bonds is 10. The van der Waals surface area contributed by atoms with Crippen molar-refractivity contribution in [2.45, 2.75) is 96.2 Å². The number of nitrogens with one attached hydrogen (secondary N) is 1. The molecule has 3 rings (SSSR count). The smallest absolute Gasteiger partial charge is 0.220 e. The first-order valence-electron chi connectivity index (χ1n) is 12.1. The number of amides is 1.